The van der Waals surface area contributed by atoms with Crippen molar-refractivity contribution < 1.29 is 13.9 Å². The molecule has 0 radical (unpaired) electrons. The van der Waals surface area contributed by atoms with Crippen LogP contribution in [-0.2, 0) is 11.3 Å². The summed E-state index contributed by atoms with van der Waals surface area (Å²) < 4.78 is 20.0. The Morgan fingerprint density at radius 3 is 2.84 bits per heavy atom. The Morgan fingerprint density at radius 1 is 1.24 bits per heavy atom. The summed E-state index contributed by atoms with van der Waals surface area (Å²) in [4.78, 5) is 11.8. The van der Waals surface area contributed by atoms with Gasteiger partial charge in [-0.05, 0) is 49.2 Å². The number of benzene rings is 2. The van der Waals surface area contributed by atoms with E-state index in [0.29, 0.717) is 12.3 Å². The Labute approximate surface area is 145 Å². The fraction of sp³-hybridized carbons (Fsp3) is 0.263. The number of carbonyl (C=O) groups excluding carboxylic acids is 1. The normalized spacial score (nSPS) is 10.8. The summed E-state index contributed by atoms with van der Waals surface area (Å²) in [5.74, 6) is -0.0708. The van der Waals surface area contributed by atoms with Gasteiger partial charge in [0.15, 0.2) is 6.61 Å². The lowest BCUT2D eigenvalue weighted by Gasteiger charge is -2.08. The van der Waals surface area contributed by atoms with E-state index in [4.69, 9.17) is 4.74 Å². The van der Waals surface area contributed by atoms with Crippen molar-refractivity contribution in [1.29, 1.82) is 0 Å². The number of aromatic nitrogens is 2. The minimum absolute atomic E-state index is 0.0878. The van der Waals surface area contributed by atoms with E-state index < -0.39 is 0 Å². The molecule has 0 spiro atoms. The molecule has 0 aliphatic rings. The monoisotopic (exact) mass is 341 g/mol. The maximum Gasteiger partial charge on any atom is 0.257 e. The molecule has 1 amide bonds. The molecule has 0 aliphatic heterocycles. The smallest absolute Gasteiger partial charge is 0.257 e. The zero-order chi connectivity index (χ0) is 17.6. The number of ether oxygens (including phenoxy) is 1. The van der Waals surface area contributed by atoms with E-state index in [1.807, 2.05) is 23.0 Å². The number of amides is 1. The van der Waals surface area contributed by atoms with Crippen molar-refractivity contribution >= 4 is 16.8 Å². The maximum atomic E-state index is 12.8. The molecule has 3 aromatic rings. The van der Waals surface area contributed by atoms with Crippen LogP contribution in [0.15, 0.2) is 48.7 Å². The first-order chi connectivity index (χ1) is 12.1. The second-order valence-corrected chi connectivity index (χ2v) is 5.82. The summed E-state index contributed by atoms with van der Waals surface area (Å²) in [6, 6.07) is 11.7. The summed E-state index contributed by atoms with van der Waals surface area (Å²) in [5.41, 5.74) is 2.31. The molecular formula is C19H20FN3O2. The number of halogens is 1. The van der Waals surface area contributed by atoms with Gasteiger partial charge in [0.2, 0.25) is 0 Å². The van der Waals surface area contributed by atoms with Gasteiger partial charge in [-0.2, -0.15) is 5.10 Å². The molecule has 5 nitrogen and oxygen atoms in total. The molecule has 1 N–H and O–H groups in total. The van der Waals surface area contributed by atoms with E-state index in [1.165, 1.54) is 29.8 Å². The van der Waals surface area contributed by atoms with Gasteiger partial charge in [-0.3, -0.25) is 9.48 Å². The first-order valence-corrected chi connectivity index (χ1v) is 8.20. The fourth-order valence-corrected chi connectivity index (χ4v) is 2.61. The number of rotatable bonds is 7. The van der Waals surface area contributed by atoms with Gasteiger partial charge in [0.05, 0.1) is 11.7 Å². The first-order valence-electron chi connectivity index (χ1n) is 8.20. The van der Waals surface area contributed by atoms with E-state index in [-0.39, 0.29) is 18.3 Å². The lowest BCUT2D eigenvalue weighted by molar-refractivity contribution is -0.123. The highest BCUT2D eigenvalue weighted by Gasteiger charge is 2.05. The number of nitrogens with one attached hydrogen (secondary N) is 1. The summed E-state index contributed by atoms with van der Waals surface area (Å²) in [6.45, 7) is 3.25. The molecule has 0 atom stereocenters. The van der Waals surface area contributed by atoms with Crippen molar-refractivity contribution in [2.24, 2.45) is 0 Å². The third-order valence-electron chi connectivity index (χ3n) is 3.96. The third kappa shape index (κ3) is 4.35. The van der Waals surface area contributed by atoms with Gasteiger partial charge in [0, 0.05) is 18.5 Å². The Hall–Kier alpha value is -2.89. The largest absolute Gasteiger partial charge is 0.484 e. The molecule has 25 heavy (non-hydrogen) atoms. The van der Waals surface area contributed by atoms with Gasteiger partial charge in [-0.1, -0.05) is 12.1 Å². The van der Waals surface area contributed by atoms with Crippen LogP contribution in [0, 0.1) is 12.7 Å². The Morgan fingerprint density at radius 2 is 2.04 bits per heavy atom. The molecule has 0 bridgehead atoms. The minimum Gasteiger partial charge on any atom is -0.484 e. The second-order valence-electron chi connectivity index (χ2n) is 5.82. The van der Waals surface area contributed by atoms with E-state index in [2.05, 4.69) is 23.4 Å². The van der Waals surface area contributed by atoms with Crippen LogP contribution >= 0.6 is 0 Å². The average Bonchev–Trinajstić information content (AvgIpc) is 3.03. The number of hydrogen-bond acceptors (Lipinski definition) is 3. The Balaban J connectivity index is 1.41. The number of carbonyl (C=O) groups is 1. The lowest BCUT2D eigenvalue weighted by Crippen LogP contribution is -2.30. The number of nitrogens with zero attached hydrogens (tertiary/aromatic N) is 2. The van der Waals surface area contributed by atoms with Crippen LogP contribution < -0.4 is 10.1 Å². The van der Waals surface area contributed by atoms with Crippen LogP contribution in [0.4, 0.5) is 4.39 Å². The van der Waals surface area contributed by atoms with Gasteiger partial charge < -0.3 is 10.1 Å². The quantitative estimate of drug-likeness (QED) is 0.672. The number of hydrogen-bond donors (Lipinski definition) is 1. The fourth-order valence-electron chi connectivity index (χ4n) is 2.61. The predicted octanol–water partition coefficient (Wildman–Crippen LogP) is 3.07. The first kappa shape index (κ1) is 17.0. The van der Waals surface area contributed by atoms with Gasteiger partial charge in [-0.15, -0.1) is 0 Å². The topological polar surface area (TPSA) is 56.2 Å². The van der Waals surface area contributed by atoms with E-state index in [0.717, 1.165) is 23.9 Å². The van der Waals surface area contributed by atoms with Crippen LogP contribution in [0.5, 0.6) is 5.75 Å². The van der Waals surface area contributed by atoms with Crippen LogP contribution in [-0.4, -0.2) is 28.8 Å². The number of aryl methyl sites for hydroxylation is 2. The van der Waals surface area contributed by atoms with Gasteiger partial charge in [0.1, 0.15) is 11.6 Å². The summed E-state index contributed by atoms with van der Waals surface area (Å²) in [6.07, 6.45) is 2.65. The highest BCUT2D eigenvalue weighted by atomic mass is 19.1. The lowest BCUT2D eigenvalue weighted by atomic mass is 10.1. The summed E-state index contributed by atoms with van der Waals surface area (Å²) >= 11 is 0. The van der Waals surface area contributed by atoms with Crippen molar-refractivity contribution in [1.82, 2.24) is 15.1 Å². The van der Waals surface area contributed by atoms with Crippen molar-refractivity contribution in [2.75, 3.05) is 13.2 Å². The van der Waals surface area contributed by atoms with Crippen LogP contribution in [0.25, 0.3) is 10.9 Å². The molecule has 6 heteroatoms. The van der Waals surface area contributed by atoms with Crippen molar-refractivity contribution in [3.05, 3.63) is 60.0 Å². The zero-order valence-corrected chi connectivity index (χ0v) is 14.0. The van der Waals surface area contributed by atoms with Gasteiger partial charge in [-0.25, -0.2) is 4.39 Å². The molecule has 0 aliphatic carbocycles. The molecule has 0 fully saturated rings. The van der Waals surface area contributed by atoms with Crippen molar-refractivity contribution in [2.45, 2.75) is 19.9 Å². The molecule has 0 saturated carbocycles. The van der Waals surface area contributed by atoms with Crippen LogP contribution in [0.1, 0.15) is 12.0 Å². The highest BCUT2D eigenvalue weighted by Crippen LogP contribution is 2.17. The van der Waals surface area contributed by atoms with Gasteiger partial charge in [0.25, 0.3) is 5.91 Å². The van der Waals surface area contributed by atoms with E-state index in [1.54, 1.807) is 0 Å². The highest BCUT2D eigenvalue weighted by molar-refractivity contribution is 5.82. The standard InChI is InChI=1S/C19H20FN3O2/c1-14-4-2-5-18-17(14)12-22-23(18)11-3-10-21-19(24)13-25-16-8-6-15(20)7-9-16/h2,4-9,12H,3,10-11,13H2,1H3,(H,21,24). The maximum absolute atomic E-state index is 12.8. The molecule has 1 aromatic heterocycles. The molecule has 0 saturated heterocycles. The SMILES string of the molecule is Cc1cccc2c1cnn2CCCNC(=O)COc1ccc(F)cc1. The second kappa shape index (κ2) is 7.79. The van der Waals surface area contributed by atoms with Crippen molar-refractivity contribution in [3.8, 4) is 5.75 Å². The average molecular weight is 341 g/mol. The Kier molecular flexibility index (Phi) is 5.28. The summed E-state index contributed by atoms with van der Waals surface area (Å²) in [7, 11) is 0. The third-order valence-corrected chi connectivity index (χ3v) is 3.96. The molecular weight excluding hydrogens is 321 g/mol. The molecule has 3 rings (SSSR count). The predicted molar refractivity (Wildman–Crippen MR) is 94.0 cm³/mol. The van der Waals surface area contributed by atoms with Crippen LogP contribution in [0.2, 0.25) is 0 Å². The Bertz CT molecular complexity index is 859. The molecule has 0 unspecified atom stereocenters. The minimum atomic E-state index is -0.335. The zero-order valence-electron chi connectivity index (χ0n) is 14.0. The number of fused-ring (bicyclic) bond motifs is 1. The van der Waals surface area contributed by atoms with Gasteiger partial charge >= 0.3 is 0 Å². The van der Waals surface area contributed by atoms with Crippen molar-refractivity contribution in [3.63, 3.8) is 0 Å². The molecule has 130 valence electrons. The molecule has 1 heterocycles. The summed E-state index contributed by atoms with van der Waals surface area (Å²) in [5, 5.41) is 8.36. The molecule has 2 aromatic carbocycles. The van der Waals surface area contributed by atoms with E-state index in [9.17, 15) is 9.18 Å². The van der Waals surface area contributed by atoms with E-state index >= 15 is 0 Å². The van der Waals surface area contributed by atoms with Crippen LogP contribution in [0.3, 0.4) is 0 Å².